The van der Waals surface area contributed by atoms with Crippen LogP contribution in [0.15, 0.2) is 55.0 Å². The number of carboxylic acids is 1. The van der Waals surface area contributed by atoms with Crippen LogP contribution in [0.5, 0.6) is 5.75 Å². The van der Waals surface area contributed by atoms with Gasteiger partial charge >= 0.3 is 24.3 Å². The van der Waals surface area contributed by atoms with E-state index in [-0.39, 0.29) is 54.8 Å². The lowest BCUT2D eigenvalue weighted by molar-refractivity contribution is -0.271. The van der Waals surface area contributed by atoms with E-state index in [1.165, 1.54) is 78.2 Å². The summed E-state index contributed by atoms with van der Waals surface area (Å²) in [6.07, 6.45) is -9.96. The number of aliphatic hydroxyl groups is 3. The number of halogens is 3. The van der Waals surface area contributed by atoms with Gasteiger partial charge in [0.2, 0.25) is 12.2 Å². The van der Waals surface area contributed by atoms with Gasteiger partial charge in [0.05, 0.1) is 5.69 Å². The fourth-order valence-electron chi connectivity index (χ4n) is 5.90. The van der Waals surface area contributed by atoms with Gasteiger partial charge in [0, 0.05) is 56.7 Å². The van der Waals surface area contributed by atoms with Crippen LogP contribution in [-0.4, -0.2) is 150 Å². The summed E-state index contributed by atoms with van der Waals surface area (Å²) in [4.78, 5) is 66.4. The number of likely N-dealkylation sites (N-methyl/N-ethyl adjacent to an activating group) is 2. The number of nitrogens with zero attached hydrogens (tertiary/aromatic N) is 6. The third kappa shape index (κ3) is 10.3. The van der Waals surface area contributed by atoms with Crippen molar-refractivity contribution in [1.82, 2.24) is 34.6 Å². The number of aliphatic hydroxyl groups excluding tert-OH is 3. The van der Waals surface area contributed by atoms with Gasteiger partial charge in [-0.05, 0) is 49.2 Å². The Morgan fingerprint density at radius 2 is 1.72 bits per heavy atom. The van der Waals surface area contributed by atoms with Crippen LogP contribution in [0.1, 0.15) is 25.8 Å². The van der Waals surface area contributed by atoms with Crippen molar-refractivity contribution in [2.24, 2.45) is 0 Å². The molecule has 0 saturated carbocycles. The van der Waals surface area contributed by atoms with E-state index in [9.17, 15) is 52.8 Å². The van der Waals surface area contributed by atoms with Crippen LogP contribution in [0.2, 0.25) is 0 Å². The maximum Gasteiger partial charge on any atom is 0.409 e. The summed E-state index contributed by atoms with van der Waals surface area (Å²) in [5, 5.41) is 44.7. The zero-order chi connectivity index (χ0) is 44.1. The van der Waals surface area contributed by atoms with E-state index in [1.54, 1.807) is 19.1 Å². The van der Waals surface area contributed by atoms with Gasteiger partial charge in [-0.25, -0.2) is 29.3 Å². The van der Waals surface area contributed by atoms with Crippen molar-refractivity contribution in [1.29, 1.82) is 0 Å². The number of hydrogen-bond donors (Lipinski definition) is 7. The minimum Gasteiger partial charge on any atom is -0.479 e. The Labute approximate surface area is 339 Å². The number of aromatic nitrogens is 4. The van der Waals surface area contributed by atoms with Crippen LogP contribution in [0.4, 0.5) is 34.3 Å². The second-order valence-electron chi connectivity index (χ2n) is 14.1. The second kappa shape index (κ2) is 18.3. The number of rotatable bonds is 14. The smallest absolute Gasteiger partial charge is 0.409 e. The van der Waals surface area contributed by atoms with E-state index in [0.29, 0.717) is 16.5 Å². The number of alkyl halides is 3. The van der Waals surface area contributed by atoms with Crippen molar-refractivity contribution in [2.75, 3.05) is 44.8 Å². The molecule has 0 spiro atoms. The van der Waals surface area contributed by atoms with Crippen molar-refractivity contribution in [3.8, 4) is 17.1 Å². The summed E-state index contributed by atoms with van der Waals surface area (Å²) >= 11 is 0. The van der Waals surface area contributed by atoms with Gasteiger partial charge in [0.25, 0.3) is 0 Å². The molecule has 1 saturated heterocycles. The first-order chi connectivity index (χ1) is 28.2. The van der Waals surface area contributed by atoms with E-state index in [1.807, 2.05) is 5.32 Å². The number of nitrogen functional groups attached to an aromatic ring is 1. The Balaban J connectivity index is 1.19. The Kier molecular flexibility index (Phi) is 13.7. The maximum atomic E-state index is 13.7. The van der Waals surface area contributed by atoms with Crippen LogP contribution >= 0.6 is 0 Å². The first-order valence-electron chi connectivity index (χ1n) is 18.3. The molecule has 1 aliphatic rings. The number of ether oxygens (including phenoxy) is 3. The van der Waals surface area contributed by atoms with Crippen LogP contribution in [0, 0.1) is 0 Å². The number of carboxylic acid groups (broad SMARTS) is 1. The fraction of sp³-hybridized carbons (Fsp3) is 0.432. The van der Waals surface area contributed by atoms with Gasteiger partial charge < -0.3 is 60.8 Å². The summed E-state index contributed by atoms with van der Waals surface area (Å²) in [6.45, 7) is 1.44. The molecule has 60 heavy (non-hydrogen) atoms. The van der Waals surface area contributed by atoms with Gasteiger partial charge in [-0.1, -0.05) is 13.0 Å². The Morgan fingerprint density at radius 1 is 1.00 bits per heavy atom. The molecule has 324 valence electrons. The maximum absolute atomic E-state index is 13.7. The van der Waals surface area contributed by atoms with Crippen molar-refractivity contribution >= 4 is 46.5 Å². The van der Waals surface area contributed by atoms with Gasteiger partial charge in [-0.2, -0.15) is 13.2 Å². The highest BCUT2D eigenvalue weighted by molar-refractivity contribution is 5.98. The predicted octanol–water partition coefficient (Wildman–Crippen LogP) is 1.77. The number of carbonyl (C=O) groups excluding carboxylic acids is 3. The van der Waals surface area contributed by atoms with Crippen molar-refractivity contribution in [3.05, 3.63) is 60.6 Å². The largest absolute Gasteiger partial charge is 0.479 e. The number of fused-ring (bicyclic) bond motifs is 1. The molecule has 4 aromatic rings. The number of benzene rings is 1. The number of nitrogens with one attached hydrogen (secondary N) is 2. The number of anilines is 2. The molecule has 23 heteroatoms. The molecule has 5 rings (SSSR count). The zero-order valence-corrected chi connectivity index (χ0v) is 32.7. The Bertz CT molecular complexity index is 2210. The van der Waals surface area contributed by atoms with E-state index >= 15 is 0 Å². The zero-order valence-electron chi connectivity index (χ0n) is 32.7. The van der Waals surface area contributed by atoms with Crippen molar-refractivity contribution in [3.63, 3.8) is 0 Å². The molecule has 3 aromatic heterocycles. The number of nitrogens with two attached hydrogens (primary N) is 1. The summed E-state index contributed by atoms with van der Waals surface area (Å²) < 4.78 is 55.6. The van der Waals surface area contributed by atoms with E-state index in [0.717, 1.165) is 0 Å². The highest BCUT2D eigenvalue weighted by atomic mass is 19.4. The van der Waals surface area contributed by atoms with Crippen LogP contribution in [0.3, 0.4) is 0 Å². The van der Waals surface area contributed by atoms with Crippen LogP contribution in [-0.2, 0) is 25.7 Å². The van der Waals surface area contributed by atoms with Gasteiger partial charge in [-0.3, -0.25) is 9.36 Å². The van der Waals surface area contributed by atoms with Crippen LogP contribution in [0.25, 0.3) is 22.4 Å². The quantitative estimate of drug-likeness (QED) is 0.0891. The molecule has 1 aliphatic heterocycles. The van der Waals surface area contributed by atoms with Gasteiger partial charge in [0.1, 0.15) is 54.2 Å². The van der Waals surface area contributed by atoms with Gasteiger partial charge in [-0.15, -0.1) is 0 Å². The minimum atomic E-state index is -4.59. The molecule has 8 N–H and O–H groups in total. The summed E-state index contributed by atoms with van der Waals surface area (Å²) in [5.41, 5.74) is 5.70. The number of aliphatic carboxylic acids is 1. The molecule has 0 aliphatic carbocycles. The first-order valence-corrected chi connectivity index (χ1v) is 18.3. The number of carbonyl (C=O) groups is 4. The Morgan fingerprint density at radius 3 is 2.38 bits per heavy atom. The predicted molar refractivity (Wildman–Crippen MR) is 204 cm³/mol. The number of pyridine rings is 1. The fourth-order valence-corrected chi connectivity index (χ4v) is 5.90. The van der Waals surface area contributed by atoms with Crippen molar-refractivity contribution < 1.29 is 67.0 Å². The molecule has 6 atom stereocenters. The molecular formula is C37H44F3N9O11. The molecule has 1 unspecified atom stereocenters. The molecule has 1 aromatic carbocycles. The highest BCUT2D eigenvalue weighted by Crippen LogP contribution is 2.31. The SMILES string of the molecule is CCC(C)(Nc1ccnc(-c2cn(C(=O)N(C)CCN(C)C(=O)OCc3ccc(O[C@@H]4O[C@H](C(=O)O)[C@@H](O)[C@H](O)[C@H]4O)c(N)c3)c3ncccc23)n1)C(=O)NCC(F)(F)F. The minimum absolute atomic E-state index is 0.00159. The lowest BCUT2D eigenvalue weighted by atomic mass is 9.97. The van der Waals surface area contributed by atoms with E-state index < -0.39 is 73.0 Å². The normalized spacial score (nSPS) is 20.1. The highest BCUT2D eigenvalue weighted by Gasteiger charge is 2.48. The lowest BCUT2D eigenvalue weighted by Crippen LogP contribution is -2.61. The summed E-state index contributed by atoms with van der Waals surface area (Å²) in [6, 6.07) is 8.51. The average Bonchev–Trinajstić information content (AvgIpc) is 3.60. The second-order valence-corrected chi connectivity index (χ2v) is 14.1. The molecule has 20 nitrogen and oxygen atoms in total. The molecule has 3 amide bonds. The molecule has 4 heterocycles. The summed E-state index contributed by atoms with van der Waals surface area (Å²) in [7, 11) is 2.98. The van der Waals surface area contributed by atoms with E-state index in [2.05, 4.69) is 20.3 Å². The molecule has 1 fully saturated rings. The third-order valence-corrected chi connectivity index (χ3v) is 9.63. The first kappa shape index (κ1) is 44.8. The average molecular weight is 848 g/mol. The van der Waals surface area contributed by atoms with Crippen LogP contribution < -0.4 is 21.1 Å². The lowest BCUT2D eigenvalue weighted by Gasteiger charge is -2.38. The molecule has 0 bridgehead atoms. The van der Waals surface area contributed by atoms with Crippen molar-refractivity contribution in [2.45, 2.75) is 69.3 Å². The standard InChI is InChI=1S/C37H44F3N9O11/c1-5-36(2,33(55)44-18-37(38,39)40)46-24-10-12-42-29(45-24)21-16-49(30-20(21)7-6-11-43-30)34(56)47(3)13-14-48(4)35(57)58-17-19-8-9-23(22(41)15-19)59-32-27(52)25(50)26(51)28(60-32)31(53)54/h6-12,15-16,25-28,32,50-52H,5,13-14,17-18,41H2,1-4H3,(H,44,55)(H,53,54)(H,42,45,46)/t25-,26-,27+,28-,32+,36?/m0/s1. The Hall–Kier alpha value is -6.30. The topological polar surface area (TPSA) is 277 Å². The monoisotopic (exact) mass is 847 g/mol. The number of hydrogen-bond acceptors (Lipinski definition) is 15. The van der Waals surface area contributed by atoms with E-state index in [4.69, 9.17) is 19.9 Å². The number of amides is 3. The molecule has 0 radical (unpaired) electrons. The summed E-state index contributed by atoms with van der Waals surface area (Å²) in [5.74, 6) is -2.22. The van der Waals surface area contributed by atoms with Gasteiger partial charge in [0.15, 0.2) is 11.9 Å². The third-order valence-electron chi connectivity index (χ3n) is 9.63. The molecular weight excluding hydrogens is 803 g/mol.